The summed E-state index contributed by atoms with van der Waals surface area (Å²) in [6.07, 6.45) is 1.80. The molecule has 0 spiro atoms. The minimum absolute atomic E-state index is 0.375. The molecule has 0 aromatic carbocycles. The van der Waals surface area contributed by atoms with E-state index in [0.717, 1.165) is 25.1 Å². The second-order valence-electron chi connectivity index (χ2n) is 2.57. The molecule has 1 aromatic rings. The van der Waals surface area contributed by atoms with Crippen molar-refractivity contribution in [1.29, 1.82) is 0 Å². The molecule has 0 fully saturated rings. The number of hydrogen-bond acceptors (Lipinski definition) is 3. The SMILES string of the molecule is O=c1[nH]c2c(o1)COCCC2. The van der Waals surface area contributed by atoms with Crippen LogP contribution in [0.3, 0.4) is 0 Å². The standard InChI is InChI=1S/C7H9NO3/c9-7-8-5-2-1-3-10-4-6(5)11-7/h1-4H2,(H,8,9). The molecule has 0 saturated carbocycles. The van der Waals surface area contributed by atoms with Crippen molar-refractivity contribution < 1.29 is 9.15 Å². The molecule has 1 aliphatic rings. The van der Waals surface area contributed by atoms with E-state index >= 15 is 0 Å². The molecule has 1 N–H and O–H groups in total. The summed E-state index contributed by atoms with van der Waals surface area (Å²) >= 11 is 0. The Kier molecular flexibility index (Phi) is 1.54. The highest BCUT2D eigenvalue weighted by atomic mass is 16.5. The van der Waals surface area contributed by atoms with Crippen LogP contribution >= 0.6 is 0 Å². The molecule has 4 nitrogen and oxygen atoms in total. The average Bonchev–Trinajstić information content (AvgIpc) is 2.17. The maximum absolute atomic E-state index is 10.7. The maximum Gasteiger partial charge on any atom is 0.416 e. The molecule has 1 aromatic heterocycles. The summed E-state index contributed by atoms with van der Waals surface area (Å²) in [5.74, 6) is 0.285. The number of H-pyrrole nitrogens is 1. The predicted octanol–water partition coefficient (Wildman–Crippen LogP) is 0.431. The normalized spacial score (nSPS) is 17.5. The molecule has 0 aliphatic carbocycles. The van der Waals surface area contributed by atoms with Crippen LogP contribution in [0.5, 0.6) is 0 Å². The fraction of sp³-hybridized carbons (Fsp3) is 0.571. The number of rotatable bonds is 0. The van der Waals surface area contributed by atoms with Gasteiger partial charge in [0.1, 0.15) is 6.61 Å². The highest BCUT2D eigenvalue weighted by Crippen LogP contribution is 2.11. The molecule has 0 saturated heterocycles. The lowest BCUT2D eigenvalue weighted by atomic mass is 10.2. The van der Waals surface area contributed by atoms with E-state index in [4.69, 9.17) is 9.15 Å². The van der Waals surface area contributed by atoms with Crippen molar-refractivity contribution >= 4 is 0 Å². The summed E-state index contributed by atoms with van der Waals surface area (Å²) in [4.78, 5) is 13.3. The van der Waals surface area contributed by atoms with Gasteiger partial charge in [0.25, 0.3) is 0 Å². The Morgan fingerprint density at radius 3 is 3.27 bits per heavy atom. The van der Waals surface area contributed by atoms with E-state index in [0.29, 0.717) is 12.4 Å². The van der Waals surface area contributed by atoms with E-state index in [1.165, 1.54) is 0 Å². The first kappa shape index (κ1) is 6.67. The van der Waals surface area contributed by atoms with E-state index in [1.807, 2.05) is 0 Å². The molecule has 1 aliphatic heterocycles. The van der Waals surface area contributed by atoms with E-state index in [1.54, 1.807) is 0 Å². The average molecular weight is 155 g/mol. The number of oxazole rings is 1. The topological polar surface area (TPSA) is 55.2 Å². The van der Waals surface area contributed by atoms with Gasteiger partial charge in [-0.3, -0.25) is 4.98 Å². The van der Waals surface area contributed by atoms with E-state index < -0.39 is 0 Å². The first-order valence-corrected chi connectivity index (χ1v) is 3.65. The number of hydrogen-bond donors (Lipinski definition) is 1. The second-order valence-corrected chi connectivity index (χ2v) is 2.57. The van der Waals surface area contributed by atoms with Gasteiger partial charge in [0.2, 0.25) is 0 Å². The zero-order chi connectivity index (χ0) is 7.68. The lowest BCUT2D eigenvalue weighted by Crippen LogP contribution is -1.98. The van der Waals surface area contributed by atoms with E-state index in [-0.39, 0.29) is 5.76 Å². The highest BCUT2D eigenvalue weighted by Gasteiger charge is 2.12. The number of nitrogens with one attached hydrogen (secondary N) is 1. The van der Waals surface area contributed by atoms with Crippen LogP contribution in [0.1, 0.15) is 17.9 Å². The summed E-state index contributed by atoms with van der Waals surface area (Å²) in [6, 6.07) is 0. The van der Waals surface area contributed by atoms with Crippen molar-refractivity contribution in [1.82, 2.24) is 4.98 Å². The number of aryl methyl sites for hydroxylation is 1. The summed E-state index contributed by atoms with van der Waals surface area (Å²) in [5, 5.41) is 0. The zero-order valence-electron chi connectivity index (χ0n) is 6.05. The van der Waals surface area contributed by atoms with Crippen molar-refractivity contribution in [2.45, 2.75) is 19.4 Å². The second kappa shape index (κ2) is 2.54. The molecule has 0 unspecified atom stereocenters. The first-order valence-electron chi connectivity index (χ1n) is 3.65. The van der Waals surface area contributed by atoms with E-state index in [2.05, 4.69) is 4.98 Å². The van der Waals surface area contributed by atoms with Gasteiger partial charge in [-0.25, -0.2) is 4.79 Å². The minimum atomic E-state index is -0.375. The third-order valence-electron chi connectivity index (χ3n) is 1.75. The zero-order valence-corrected chi connectivity index (χ0v) is 6.05. The van der Waals surface area contributed by atoms with Crippen LogP contribution in [-0.4, -0.2) is 11.6 Å². The summed E-state index contributed by atoms with van der Waals surface area (Å²) in [6.45, 7) is 1.17. The molecule has 0 amide bonds. The molecule has 11 heavy (non-hydrogen) atoms. The fourth-order valence-corrected chi connectivity index (χ4v) is 1.23. The molecule has 2 rings (SSSR count). The van der Waals surface area contributed by atoms with Crippen molar-refractivity contribution in [2.24, 2.45) is 0 Å². The van der Waals surface area contributed by atoms with Gasteiger partial charge >= 0.3 is 5.76 Å². The first-order chi connectivity index (χ1) is 5.36. The van der Waals surface area contributed by atoms with Gasteiger partial charge in [-0.1, -0.05) is 0 Å². The Hall–Kier alpha value is -1.03. The predicted molar refractivity (Wildman–Crippen MR) is 37.3 cm³/mol. The smallest absolute Gasteiger partial charge is 0.410 e. The molecule has 4 heteroatoms. The maximum atomic E-state index is 10.7. The largest absolute Gasteiger partial charge is 0.416 e. The highest BCUT2D eigenvalue weighted by molar-refractivity contribution is 5.07. The lowest BCUT2D eigenvalue weighted by Gasteiger charge is -1.92. The van der Waals surface area contributed by atoms with Gasteiger partial charge in [-0.2, -0.15) is 0 Å². The van der Waals surface area contributed by atoms with Gasteiger partial charge in [-0.05, 0) is 12.8 Å². The minimum Gasteiger partial charge on any atom is -0.410 e. The third kappa shape index (κ3) is 1.21. The Morgan fingerprint density at radius 2 is 2.36 bits per heavy atom. The Labute approximate surface area is 63.2 Å². The molecular formula is C7H9NO3. The number of fused-ring (bicyclic) bond motifs is 1. The van der Waals surface area contributed by atoms with Gasteiger partial charge in [-0.15, -0.1) is 0 Å². The van der Waals surface area contributed by atoms with Gasteiger partial charge in [0.15, 0.2) is 5.76 Å². The Balaban J connectivity index is 2.39. The van der Waals surface area contributed by atoms with Crippen LogP contribution in [0.15, 0.2) is 9.21 Å². The summed E-state index contributed by atoms with van der Waals surface area (Å²) in [5.41, 5.74) is 0.896. The number of aromatic nitrogens is 1. The molecule has 0 atom stereocenters. The molecule has 0 radical (unpaired) electrons. The molecule has 0 bridgehead atoms. The van der Waals surface area contributed by atoms with Crippen LogP contribution in [0.4, 0.5) is 0 Å². The Morgan fingerprint density at radius 1 is 1.45 bits per heavy atom. The van der Waals surface area contributed by atoms with Crippen LogP contribution in [0.25, 0.3) is 0 Å². The summed E-state index contributed by atoms with van der Waals surface area (Å²) in [7, 11) is 0. The Bertz CT molecular complexity index is 272. The van der Waals surface area contributed by atoms with Crippen LogP contribution < -0.4 is 5.76 Å². The van der Waals surface area contributed by atoms with Crippen LogP contribution in [0, 0.1) is 0 Å². The monoisotopic (exact) mass is 155 g/mol. The van der Waals surface area contributed by atoms with Crippen molar-refractivity contribution in [3.63, 3.8) is 0 Å². The van der Waals surface area contributed by atoms with Crippen LogP contribution in [-0.2, 0) is 17.8 Å². The van der Waals surface area contributed by atoms with Crippen molar-refractivity contribution in [3.8, 4) is 0 Å². The third-order valence-corrected chi connectivity index (χ3v) is 1.75. The van der Waals surface area contributed by atoms with Gasteiger partial charge in [0.05, 0.1) is 5.69 Å². The van der Waals surface area contributed by atoms with Crippen molar-refractivity contribution in [3.05, 3.63) is 22.0 Å². The number of aromatic amines is 1. The van der Waals surface area contributed by atoms with Gasteiger partial charge < -0.3 is 9.15 Å². The van der Waals surface area contributed by atoms with Gasteiger partial charge in [0, 0.05) is 6.61 Å². The number of ether oxygens (including phenoxy) is 1. The van der Waals surface area contributed by atoms with Crippen LogP contribution in [0.2, 0.25) is 0 Å². The fourth-order valence-electron chi connectivity index (χ4n) is 1.23. The lowest BCUT2D eigenvalue weighted by molar-refractivity contribution is 0.110. The van der Waals surface area contributed by atoms with Crippen molar-refractivity contribution in [2.75, 3.05) is 6.61 Å². The summed E-state index contributed by atoms with van der Waals surface area (Å²) < 4.78 is 10.0. The van der Waals surface area contributed by atoms with E-state index in [9.17, 15) is 4.79 Å². The molecule has 60 valence electrons. The molecule has 2 heterocycles. The quantitative estimate of drug-likeness (QED) is 0.591. The molecular weight excluding hydrogens is 146 g/mol.